The van der Waals surface area contributed by atoms with Crippen molar-refractivity contribution in [2.45, 2.75) is 72.2 Å². The number of hydrogen-bond acceptors (Lipinski definition) is 0. The molecular weight excluding hydrogens is 486 g/mol. The lowest BCUT2D eigenvalue weighted by atomic mass is 9.53. The maximum Gasteiger partial charge on any atom is 0.411 e. The third kappa shape index (κ3) is 4.42. The van der Waals surface area contributed by atoms with Gasteiger partial charge in [0.1, 0.15) is 0 Å². The second-order valence-corrected chi connectivity index (χ2v) is 11.5. The lowest BCUT2D eigenvalue weighted by Gasteiger charge is -2.51. The Bertz CT molecular complexity index is 1160. The summed E-state index contributed by atoms with van der Waals surface area (Å²) < 4.78 is 88.1. The molecular formula is C31H36F6. The van der Waals surface area contributed by atoms with E-state index in [1.165, 1.54) is 25.1 Å². The number of allylic oxidation sites excluding steroid dienone is 2. The van der Waals surface area contributed by atoms with Gasteiger partial charge in [0.05, 0.1) is 0 Å². The summed E-state index contributed by atoms with van der Waals surface area (Å²) in [6.45, 7) is 11.7. The van der Waals surface area contributed by atoms with Crippen LogP contribution in [0.5, 0.6) is 0 Å². The molecule has 1 fully saturated rings. The topological polar surface area (TPSA) is 0 Å². The van der Waals surface area contributed by atoms with E-state index in [4.69, 9.17) is 0 Å². The molecule has 1 saturated carbocycles. The molecule has 0 spiro atoms. The minimum atomic E-state index is -5.58. The molecule has 5 rings (SSSR count). The molecule has 2 bridgehead atoms. The average molecular weight is 523 g/mol. The van der Waals surface area contributed by atoms with E-state index in [0.29, 0.717) is 64.2 Å². The Hall–Kier alpha value is -2.24. The van der Waals surface area contributed by atoms with Crippen LogP contribution in [0, 0.1) is 56.3 Å². The third-order valence-corrected chi connectivity index (χ3v) is 9.70. The van der Waals surface area contributed by atoms with Crippen molar-refractivity contribution in [3.8, 4) is 0 Å². The maximum absolute atomic E-state index is 14.7. The quantitative estimate of drug-likeness (QED) is 0.271. The predicted octanol–water partition coefficient (Wildman–Crippen LogP) is 9.30. The zero-order chi connectivity index (χ0) is 27.5. The number of fused-ring (bicyclic) bond motifs is 2. The first-order valence-electron chi connectivity index (χ1n) is 13.1. The van der Waals surface area contributed by atoms with Crippen LogP contribution < -0.4 is 0 Å². The number of alkyl halides is 6. The Kier molecular flexibility index (Phi) is 7.13. The second-order valence-electron chi connectivity index (χ2n) is 11.5. The number of rotatable bonds is 5. The normalized spacial score (nSPS) is 28.1. The Morgan fingerprint density at radius 2 is 1.14 bits per heavy atom. The fraction of sp³-hybridized carbons (Fsp3) is 0.548. The van der Waals surface area contributed by atoms with Crippen LogP contribution in [0.2, 0.25) is 0 Å². The minimum absolute atomic E-state index is 0.360. The monoisotopic (exact) mass is 522 g/mol. The number of hydrogen-bond donors (Lipinski definition) is 0. The Labute approximate surface area is 216 Å². The van der Waals surface area contributed by atoms with E-state index < -0.39 is 28.9 Å². The molecule has 3 aliphatic carbocycles. The van der Waals surface area contributed by atoms with Crippen LogP contribution in [-0.4, -0.2) is 12.4 Å². The van der Waals surface area contributed by atoms with Gasteiger partial charge in [-0.25, -0.2) is 0 Å². The van der Waals surface area contributed by atoms with E-state index >= 15 is 0 Å². The summed E-state index contributed by atoms with van der Waals surface area (Å²) in [6, 6.07) is 6.93. The van der Waals surface area contributed by atoms with E-state index in [-0.39, 0.29) is 0 Å². The first-order chi connectivity index (χ1) is 17.1. The van der Waals surface area contributed by atoms with Crippen LogP contribution >= 0.6 is 0 Å². The molecule has 3 aliphatic rings. The van der Waals surface area contributed by atoms with Gasteiger partial charge in [0.15, 0.2) is 0 Å². The van der Waals surface area contributed by atoms with E-state index in [2.05, 4.69) is 32.9 Å². The highest BCUT2D eigenvalue weighted by molar-refractivity contribution is 5.49. The fourth-order valence-corrected chi connectivity index (χ4v) is 7.04. The lowest BCUT2D eigenvalue weighted by molar-refractivity contribution is -0.288. The summed E-state index contributed by atoms with van der Waals surface area (Å²) in [4.78, 5) is 0. The van der Waals surface area contributed by atoms with Gasteiger partial charge >= 0.3 is 12.4 Å². The molecule has 202 valence electrons. The Morgan fingerprint density at radius 3 is 1.70 bits per heavy atom. The predicted molar refractivity (Wildman–Crippen MR) is 135 cm³/mol. The molecule has 0 N–H and O–H groups in total. The highest BCUT2D eigenvalue weighted by Gasteiger charge is 2.72. The standard InChI is InChI=1S/C31H36F6/c1-17-7-10-24(15-19(17)3)29(30(32,33)34,31(35,36)37)25-11-8-18(2)23(16-25)9-12-28-22(6)26-13-14-27(28)21(5)20(26)4/h7-8,10-11,13-16,20-22,26-28H,9,12H2,1-6H3. The van der Waals surface area contributed by atoms with Crippen molar-refractivity contribution in [3.05, 3.63) is 81.9 Å². The van der Waals surface area contributed by atoms with Gasteiger partial charge in [-0.1, -0.05) is 69.3 Å². The molecule has 0 aromatic heterocycles. The van der Waals surface area contributed by atoms with Gasteiger partial charge in [0.25, 0.3) is 0 Å². The lowest BCUT2D eigenvalue weighted by Crippen LogP contribution is -2.54. The van der Waals surface area contributed by atoms with Gasteiger partial charge in [-0.2, -0.15) is 26.3 Å². The van der Waals surface area contributed by atoms with Crippen LogP contribution in [0.3, 0.4) is 0 Å². The molecule has 6 heteroatoms. The van der Waals surface area contributed by atoms with Crippen molar-refractivity contribution in [2.24, 2.45) is 35.5 Å². The largest absolute Gasteiger partial charge is 0.411 e. The summed E-state index contributed by atoms with van der Waals surface area (Å²) in [5.41, 5.74) is -3.37. The highest BCUT2D eigenvalue weighted by Crippen LogP contribution is 2.57. The molecule has 6 unspecified atom stereocenters. The zero-order valence-electron chi connectivity index (χ0n) is 22.3. The third-order valence-electron chi connectivity index (χ3n) is 9.70. The minimum Gasteiger partial charge on any atom is -0.169 e. The van der Waals surface area contributed by atoms with Crippen molar-refractivity contribution in [1.29, 1.82) is 0 Å². The first-order valence-corrected chi connectivity index (χ1v) is 13.1. The summed E-state index contributed by atoms with van der Waals surface area (Å²) in [7, 11) is 0. The maximum atomic E-state index is 14.7. The molecule has 37 heavy (non-hydrogen) atoms. The molecule has 0 saturated heterocycles. The molecule has 0 nitrogen and oxygen atoms in total. The van der Waals surface area contributed by atoms with Gasteiger partial charge in [-0.15, -0.1) is 0 Å². The zero-order valence-corrected chi connectivity index (χ0v) is 22.3. The van der Waals surface area contributed by atoms with Gasteiger partial charge in [0.2, 0.25) is 5.41 Å². The van der Waals surface area contributed by atoms with Crippen LogP contribution in [0.15, 0.2) is 48.6 Å². The number of benzene rings is 2. The van der Waals surface area contributed by atoms with E-state index in [1.807, 2.05) is 0 Å². The van der Waals surface area contributed by atoms with Gasteiger partial charge in [-0.05, 0) is 103 Å². The smallest absolute Gasteiger partial charge is 0.169 e. The molecule has 0 radical (unpaired) electrons. The SMILES string of the molecule is Cc1ccc(C(c2ccc(C)c(CCC3C(C)C4C=CC3C(C)C4C)c2)(C(F)(F)F)C(F)(F)F)cc1C. The molecule has 0 heterocycles. The van der Waals surface area contributed by atoms with Crippen molar-refractivity contribution < 1.29 is 26.3 Å². The number of aryl methyl sites for hydroxylation is 4. The highest BCUT2D eigenvalue weighted by atomic mass is 19.4. The average Bonchev–Trinajstić information content (AvgIpc) is 2.78. The van der Waals surface area contributed by atoms with E-state index in [9.17, 15) is 26.3 Å². The van der Waals surface area contributed by atoms with Crippen LogP contribution in [0.25, 0.3) is 0 Å². The van der Waals surface area contributed by atoms with E-state index in [0.717, 1.165) is 24.6 Å². The molecule has 0 amide bonds. The summed E-state index contributed by atoms with van der Waals surface area (Å²) in [5, 5.41) is 0. The van der Waals surface area contributed by atoms with Crippen molar-refractivity contribution in [3.63, 3.8) is 0 Å². The molecule has 2 aromatic rings. The summed E-state index contributed by atoms with van der Waals surface area (Å²) >= 11 is 0. The summed E-state index contributed by atoms with van der Waals surface area (Å²) in [5.74, 6) is 2.73. The first kappa shape index (κ1) is 27.8. The van der Waals surface area contributed by atoms with E-state index in [1.54, 1.807) is 13.8 Å². The van der Waals surface area contributed by atoms with Crippen LogP contribution in [0.1, 0.15) is 60.6 Å². The molecule has 0 aliphatic heterocycles. The molecule has 6 atom stereocenters. The van der Waals surface area contributed by atoms with Crippen molar-refractivity contribution in [1.82, 2.24) is 0 Å². The van der Waals surface area contributed by atoms with Gasteiger partial charge in [-0.3, -0.25) is 0 Å². The van der Waals surface area contributed by atoms with Crippen molar-refractivity contribution >= 4 is 0 Å². The van der Waals surface area contributed by atoms with Crippen molar-refractivity contribution in [2.75, 3.05) is 0 Å². The second kappa shape index (κ2) is 9.50. The van der Waals surface area contributed by atoms with Crippen LogP contribution in [-0.2, 0) is 11.8 Å². The Balaban J connectivity index is 1.77. The van der Waals surface area contributed by atoms with Gasteiger partial charge in [0, 0.05) is 0 Å². The summed E-state index contributed by atoms with van der Waals surface area (Å²) in [6.07, 6.45) is -5.39. The molecule has 2 aromatic carbocycles. The Morgan fingerprint density at radius 1 is 0.622 bits per heavy atom. The van der Waals surface area contributed by atoms with Gasteiger partial charge < -0.3 is 0 Å². The number of halogens is 6. The van der Waals surface area contributed by atoms with Crippen LogP contribution in [0.4, 0.5) is 26.3 Å². The fourth-order valence-electron chi connectivity index (χ4n) is 7.04.